The van der Waals surface area contributed by atoms with Gasteiger partial charge < -0.3 is 20.7 Å². The molecule has 6 nitrogen and oxygen atoms in total. The predicted octanol–water partition coefficient (Wildman–Crippen LogP) is 4.14. The molecule has 0 radical (unpaired) electrons. The van der Waals surface area contributed by atoms with Crippen molar-refractivity contribution in [1.82, 2.24) is 0 Å². The molecule has 0 bridgehead atoms. The molecule has 0 unspecified atom stereocenters. The Hall–Kier alpha value is -2.73. The highest BCUT2D eigenvalue weighted by atomic mass is 35.5. The van der Waals surface area contributed by atoms with Crippen LogP contribution in [-0.4, -0.2) is 24.5 Å². The van der Waals surface area contributed by atoms with Crippen molar-refractivity contribution < 1.29 is 14.3 Å². The first-order valence-electron chi connectivity index (χ1n) is 8.27. The minimum Gasteiger partial charge on any atom is -0.492 e. The van der Waals surface area contributed by atoms with Crippen LogP contribution in [-0.2, 0) is 9.59 Å². The largest absolute Gasteiger partial charge is 0.492 e. The van der Waals surface area contributed by atoms with Gasteiger partial charge in [-0.25, -0.2) is 0 Å². The van der Waals surface area contributed by atoms with Crippen molar-refractivity contribution in [3.8, 4) is 5.75 Å². The van der Waals surface area contributed by atoms with Gasteiger partial charge in [0.25, 0.3) is 0 Å². The summed E-state index contributed by atoms with van der Waals surface area (Å²) in [5.74, 6) is 0.214. The van der Waals surface area contributed by atoms with E-state index in [2.05, 4.69) is 16.0 Å². The summed E-state index contributed by atoms with van der Waals surface area (Å²) in [6.07, 6.45) is 0. The van der Waals surface area contributed by atoms with Gasteiger partial charge in [0, 0.05) is 12.6 Å². The summed E-state index contributed by atoms with van der Waals surface area (Å²) in [5, 5.41) is 8.96. The summed E-state index contributed by atoms with van der Waals surface area (Å²) in [7, 11) is 0. The molecule has 138 valence electrons. The highest BCUT2D eigenvalue weighted by Crippen LogP contribution is 2.27. The Bertz CT molecular complexity index is 795. The zero-order valence-corrected chi connectivity index (χ0v) is 15.7. The van der Waals surface area contributed by atoms with Crippen LogP contribution in [0.25, 0.3) is 0 Å². The number of nitrogens with one attached hydrogen (secondary N) is 3. The molecule has 0 saturated heterocycles. The molecule has 0 aliphatic rings. The quantitative estimate of drug-likeness (QED) is 0.679. The Labute approximate surface area is 157 Å². The maximum absolute atomic E-state index is 12.5. The van der Waals surface area contributed by atoms with Gasteiger partial charge in [-0.3, -0.25) is 9.59 Å². The molecule has 0 fully saturated rings. The Morgan fingerprint density at radius 3 is 2.50 bits per heavy atom. The molecule has 0 spiro atoms. The van der Waals surface area contributed by atoms with E-state index in [1.807, 2.05) is 19.1 Å². The van der Waals surface area contributed by atoms with Crippen LogP contribution < -0.4 is 20.7 Å². The van der Waals surface area contributed by atoms with Crippen molar-refractivity contribution in [1.29, 1.82) is 0 Å². The van der Waals surface area contributed by atoms with Gasteiger partial charge in [-0.1, -0.05) is 23.7 Å². The van der Waals surface area contributed by atoms with Gasteiger partial charge in [0.15, 0.2) is 0 Å². The van der Waals surface area contributed by atoms with Gasteiger partial charge >= 0.3 is 0 Å². The highest BCUT2D eigenvalue weighted by molar-refractivity contribution is 6.34. The first-order chi connectivity index (χ1) is 12.4. The number of ether oxygens (including phenoxy) is 1. The normalized spacial score (nSPS) is 11.4. The van der Waals surface area contributed by atoms with Crippen molar-refractivity contribution in [3.05, 3.63) is 47.5 Å². The van der Waals surface area contributed by atoms with Gasteiger partial charge in [-0.2, -0.15) is 0 Å². The van der Waals surface area contributed by atoms with E-state index in [0.717, 1.165) is 0 Å². The molecule has 0 aromatic heterocycles. The lowest BCUT2D eigenvalue weighted by atomic mass is 10.2. The second-order valence-corrected chi connectivity index (χ2v) is 6.07. The molecule has 0 saturated carbocycles. The smallest absolute Gasteiger partial charge is 0.246 e. The van der Waals surface area contributed by atoms with Gasteiger partial charge in [0.05, 0.1) is 23.0 Å². The fourth-order valence-electron chi connectivity index (χ4n) is 2.30. The number of anilines is 3. The number of para-hydroxylation sites is 2. The number of benzene rings is 2. The van der Waals surface area contributed by atoms with Gasteiger partial charge in [-0.15, -0.1) is 0 Å². The number of hydrogen-bond donors (Lipinski definition) is 3. The average Bonchev–Trinajstić information content (AvgIpc) is 2.59. The second kappa shape index (κ2) is 9.10. The molecular formula is C19H22ClN3O3. The van der Waals surface area contributed by atoms with Crippen LogP contribution in [0.3, 0.4) is 0 Å². The Morgan fingerprint density at radius 2 is 1.85 bits per heavy atom. The van der Waals surface area contributed by atoms with E-state index in [1.54, 1.807) is 37.3 Å². The molecule has 2 rings (SSSR count). The lowest BCUT2D eigenvalue weighted by molar-refractivity contribution is -0.116. The molecule has 1 atom stereocenters. The molecule has 0 aliphatic carbocycles. The van der Waals surface area contributed by atoms with Crippen LogP contribution in [0.15, 0.2) is 42.5 Å². The van der Waals surface area contributed by atoms with Crippen LogP contribution in [0, 0.1) is 0 Å². The second-order valence-electron chi connectivity index (χ2n) is 5.66. The Balaban J connectivity index is 2.03. The summed E-state index contributed by atoms with van der Waals surface area (Å²) >= 11 is 6.15. The van der Waals surface area contributed by atoms with E-state index in [4.69, 9.17) is 16.3 Å². The third kappa shape index (κ3) is 5.39. The molecular weight excluding hydrogens is 354 g/mol. The Morgan fingerprint density at radius 1 is 1.12 bits per heavy atom. The van der Waals surface area contributed by atoms with Crippen molar-refractivity contribution in [2.45, 2.75) is 26.8 Å². The number of hydrogen-bond acceptors (Lipinski definition) is 4. The fourth-order valence-corrected chi connectivity index (χ4v) is 2.53. The first-order valence-corrected chi connectivity index (χ1v) is 8.65. The molecule has 0 heterocycles. The van der Waals surface area contributed by atoms with Gasteiger partial charge in [0.1, 0.15) is 11.8 Å². The van der Waals surface area contributed by atoms with E-state index in [9.17, 15) is 9.59 Å². The average molecular weight is 376 g/mol. The van der Waals surface area contributed by atoms with Crippen LogP contribution in [0.1, 0.15) is 20.8 Å². The van der Waals surface area contributed by atoms with Gasteiger partial charge in [0.2, 0.25) is 11.8 Å². The fraction of sp³-hybridized carbons (Fsp3) is 0.263. The summed E-state index contributed by atoms with van der Waals surface area (Å²) in [6, 6.07) is 11.8. The minimum atomic E-state index is -0.507. The number of carbonyl (C=O) groups is 2. The predicted molar refractivity (Wildman–Crippen MR) is 105 cm³/mol. The lowest BCUT2D eigenvalue weighted by Crippen LogP contribution is -2.32. The van der Waals surface area contributed by atoms with E-state index in [1.165, 1.54) is 6.92 Å². The van der Waals surface area contributed by atoms with Crippen molar-refractivity contribution >= 4 is 40.5 Å². The lowest BCUT2D eigenvalue weighted by Gasteiger charge is -2.17. The van der Waals surface area contributed by atoms with Crippen molar-refractivity contribution in [2.75, 3.05) is 22.6 Å². The van der Waals surface area contributed by atoms with E-state index >= 15 is 0 Å². The Kier molecular flexibility index (Phi) is 6.86. The molecule has 3 N–H and O–H groups in total. The van der Waals surface area contributed by atoms with Crippen molar-refractivity contribution in [3.63, 3.8) is 0 Å². The van der Waals surface area contributed by atoms with Crippen LogP contribution >= 0.6 is 11.6 Å². The zero-order chi connectivity index (χ0) is 19.1. The third-order valence-electron chi connectivity index (χ3n) is 3.50. The topological polar surface area (TPSA) is 79.5 Å². The first kappa shape index (κ1) is 19.6. The standard InChI is InChI=1S/C19H22ClN3O3/c1-4-26-18-8-6-5-7-17(18)23-19(25)12(2)21-14-9-10-16(15(20)11-14)22-13(3)24/h5-12,21H,4H2,1-3H3,(H,22,24)(H,23,25)/t12-/m0/s1. The minimum absolute atomic E-state index is 0.201. The van der Waals surface area contributed by atoms with Crippen LogP contribution in [0.4, 0.5) is 17.1 Å². The molecule has 2 aromatic rings. The van der Waals surface area contributed by atoms with Crippen LogP contribution in [0.5, 0.6) is 5.75 Å². The number of carbonyl (C=O) groups excluding carboxylic acids is 2. The number of halogens is 1. The van der Waals surface area contributed by atoms with Crippen molar-refractivity contribution in [2.24, 2.45) is 0 Å². The number of amides is 2. The van der Waals surface area contributed by atoms with E-state index < -0.39 is 6.04 Å². The maximum atomic E-state index is 12.5. The van der Waals surface area contributed by atoms with E-state index in [-0.39, 0.29) is 11.8 Å². The zero-order valence-electron chi connectivity index (χ0n) is 14.9. The summed E-state index contributed by atoms with van der Waals surface area (Å²) in [6.45, 7) is 5.56. The monoisotopic (exact) mass is 375 g/mol. The molecule has 0 aliphatic heterocycles. The van der Waals surface area contributed by atoms with E-state index in [0.29, 0.717) is 34.4 Å². The highest BCUT2D eigenvalue weighted by Gasteiger charge is 2.15. The summed E-state index contributed by atoms with van der Waals surface area (Å²) < 4.78 is 5.51. The number of rotatable bonds is 7. The van der Waals surface area contributed by atoms with Crippen LogP contribution in [0.2, 0.25) is 5.02 Å². The molecule has 7 heteroatoms. The maximum Gasteiger partial charge on any atom is 0.246 e. The molecule has 26 heavy (non-hydrogen) atoms. The molecule has 2 amide bonds. The van der Waals surface area contributed by atoms with Gasteiger partial charge in [-0.05, 0) is 44.2 Å². The summed E-state index contributed by atoms with van der Waals surface area (Å²) in [5.41, 5.74) is 1.81. The third-order valence-corrected chi connectivity index (χ3v) is 3.81. The summed E-state index contributed by atoms with van der Waals surface area (Å²) in [4.78, 5) is 23.6. The SMILES string of the molecule is CCOc1ccccc1NC(=O)[C@H](C)Nc1ccc(NC(C)=O)c(Cl)c1. The molecule has 2 aromatic carbocycles.